The van der Waals surface area contributed by atoms with Crippen molar-refractivity contribution >= 4 is 22.5 Å². The van der Waals surface area contributed by atoms with E-state index in [2.05, 4.69) is 33.0 Å². The van der Waals surface area contributed by atoms with Gasteiger partial charge in [0, 0.05) is 42.7 Å². The van der Waals surface area contributed by atoms with Crippen LogP contribution in [-0.2, 0) is 11.8 Å². The molecule has 4 heterocycles. The molecule has 1 saturated heterocycles. The molecule has 0 saturated carbocycles. The van der Waals surface area contributed by atoms with Crippen LogP contribution in [0, 0.1) is 36.5 Å². The number of rotatable bonds is 4. The maximum absolute atomic E-state index is 13.2. The summed E-state index contributed by atoms with van der Waals surface area (Å²) < 4.78 is 7.76. The number of amides is 1. The van der Waals surface area contributed by atoms with Gasteiger partial charge in [-0.05, 0) is 44.6 Å². The Labute approximate surface area is 210 Å². The third kappa shape index (κ3) is 3.79. The summed E-state index contributed by atoms with van der Waals surface area (Å²) in [5.41, 5.74) is 6.16. The first kappa shape index (κ1) is 23.6. The first-order valence-corrected chi connectivity index (χ1v) is 12.2. The van der Waals surface area contributed by atoms with E-state index in [0.29, 0.717) is 24.4 Å². The van der Waals surface area contributed by atoms with Crippen LogP contribution in [0.1, 0.15) is 49.1 Å². The number of ether oxygens (including phenoxy) is 1. The van der Waals surface area contributed by atoms with Gasteiger partial charge < -0.3 is 14.2 Å². The minimum Gasteiger partial charge on any atom is -0.496 e. The second-order valence-electron chi connectivity index (χ2n) is 9.37. The van der Waals surface area contributed by atoms with Crippen molar-refractivity contribution in [1.29, 1.82) is 5.26 Å². The maximum Gasteiger partial charge on any atom is 0.227 e. The van der Waals surface area contributed by atoms with E-state index in [1.165, 1.54) is 0 Å². The highest BCUT2D eigenvalue weighted by Gasteiger charge is 2.35. The van der Waals surface area contributed by atoms with E-state index in [1.807, 2.05) is 18.5 Å². The summed E-state index contributed by atoms with van der Waals surface area (Å²) in [6, 6.07) is 3.76. The maximum atomic E-state index is 13.2. The van der Waals surface area contributed by atoms with Crippen molar-refractivity contribution in [2.45, 2.75) is 45.1 Å². The van der Waals surface area contributed by atoms with E-state index >= 15 is 0 Å². The number of hydrogen-bond donors (Lipinski definition) is 0. The van der Waals surface area contributed by atoms with Crippen molar-refractivity contribution in [3.8, 4) is 35.4 Å². The van der Waals surface area contributed by atoms with Gasteiger partial charge in [-0.3, -0.25) is 4.79 Å². The Morgan fingerprint density at radius 3 is 2.81 bits per heavy atom. The number of methoxy groups -OCH3 is 1. The van der Waals surface area contributed by atoms with Crippen molar-refractivity contribution in [2.24, 2.45) is 13.0 Å². The molecule has 0 spiro atoms. The van der Waals surface area contributed by atoms with Crippen LogP contribution >= 0.6 is 0 Å². The number of aromatic nitrogens is 4. The number of terminal acetylenes is 1. The van der Waals surface area contributed by atoms with Crippen LogP contribution in [0.5, 0.6) is 5.75 Å². The molecule has 0 bridgehead atoms. The van der Waals surface area contributed by atoms with Gasteiger partial charge in [0.05, 0.1) is 30.1 Å². The van der Waals surface area contributed by atoms with Gasteiger partial charge in [-0.15, -0.1) is 6.42 Å². The highest BCUT2D eigenvalue weighted by atomic mass is 16.5. The Balaban J connectivity index is 1.60. The third-order valence-corrected chi connectivity index (χ3v) is 7.41. The second kappa shape index (κ2) is 9.47. The molecule has 1 amide bonds. The van der Waals surface area contributed by atoms with Gasteiger partial charge in [0.2, 0.25) is 5.91 Å². The Kier molecular flexibility index (Phi) is 6.20. The van der Waals surface area contributed by atoms with Crippen LogP contribution in [-0.4, -0.2) is 50.0 Å². The Hall–Kier alpha value is -4.17. The van der Waals surface area contributed by atoms with Crippen molar-refractivity contribution in [1.82, 2.24) is 24.4 Å². The number of allylic oxidation sites excluding steroid dienone is 2. The predicted molar refractivity (Wildman–Crippen MR) is 137 cm³/mol. The van der Waals surface area contributed by atoms with Gasteiger partial charge in [0.1, 0.15) is 29.5 Å². The molecule has 1 aliphatic heterocycles. The number of hydrogen-bond acceptors (Lipinski definition) is 6. The zero-order valence-electron chi connectivity index (χ0n) is 20.8. The number of carbonyl (C=O) groups excluding carboxylic acids is 1. The summed E-state index contributed by atoms with van der Waals surface area (Å²) in [6.45, 7) is 2.66. The van der Waals surface area contributed by atoms with Crippen molar-refractivity contribution in [3.63, 3.8) is 0 Å². The second-order valence-corrected chi connectivity index (χ2v) is 9.37. The molecular formula is C28H28N6O2. The minimum absolute atomic E-state index is 0.0998. The van der Waals surface area contributed by atoms with Gasteiger partial charge in [-0.25, -0.2) is 15.0 Å². The number of carbonyl (C=O) groups is 1. The molecule has 3 aromatic rings. The van der Waals surface area contributed by atoms with Crippen molar-refractivity contribution in [3.05, 3.63) is 41.6 Å². The molecular weight excluding hydrogens is 452 g/mol. The highest BCUT2D eigenvalue weighted by Crippen LogP contribution is 2.44. The largest absolute Gasteiger partial charge is 0.496 e. The van der Waals surface area contributed by atoms with Crippen LogP contribution in [0.2, 0.25) is 0 Å². The van der Waals surface area contributed by atoms with Gasteiger partial charge >= 0.3 is 0 Å². The first-order chi connectivity index (χ1) is 17.5. The topological polar surface area (TPSA) is 96.9 Å². The first-order valence-electron chi connectivity index (χ1n) is 12.2. The van der Waals surface area contributed by atoms with Gasteiger partial charge in [-0.2, -0.15) is 5.26 Å². The van der Waals surface area contributed by atoms with Crippen LogP contribution in [0.4, 0.5) is 0 Å². The molecule has 1 fully saturated rings. The average molecular weight is 481 g/mol. The van der Waals surface area contributed by atoms with Crippen LogP contribution in [0.15, 0.2) is 24.7 Å². The molecule has 1 aliphatic carbocycles. The summed E-state index contributed by atoms with van der Waals surface area (Å²) >= 11 is 0. The Morgan fingerprint density at radius 1 is 1.28 bits per heavy atom. The fourth-order valence-electron chi connectivity index (χ4n) is 5.58. The zero-order chi connectivity index (χ0) is 25.4. The molecule has 0 radical (unpaired) electrons. The summed E-state index contributed by atoms with van der Waals surface area (Å²) in [7, 11) is 3.60. The molecule has 182 valence electrons. The van der Waals surface area contributed by atoms with E-state index in [-0.39, 0.29) is 17.9 Å². The lowest BCUT2D eigenvalue weighted by Crippen LogP contribution is -2.39. The predicted octanol–water partition coefficient (Wildman–Crippen LogP) is 4.03. The summed E-state index contributed by atoms with van der Waals surface area (Å²) in [4.78, 5) is 28.5. The SMILES string of the molecule is C#Cc1cc(OC)c(-c2c(C3=CC[C@@H](C(=O)N4CCC[C@H]4C#N)CC3)c3c(C)ncnc3n2C)cn1. The third-order valence-electron chi connectivity index (χ3n) is 7.41. The van der Waals surface area contributed by atoms with Gasteiger partial charge in [0.25, 0.3) is 0 Å². The summed E-state index contributed by atoms with van der Waals surface area (Å²) in [6.07, 6.45) is 14.8. The summed E-state index contributed by atoms with van der Waals surface area (Å²) in [5.74, 6) is 3.20. The lowest BCUT2D eigenvalue weighted by atomic mass is 9.84. The molecule has 36 heavy (non-hydrogen) atoms. The van der Waals surface area contributed by atoms with E-state index in [1.54, 1.807) is 30.6 Å². The highest BCUT2D eigenvalue weighted by molar-refractivity contribution is 6.01. The number of fused-ring (bicyclic) bond motifs is 1. The number of aryl methyl sites for hydroxylation is 2. The van der Waals surface area contributed by atoms with Crippen molar-refractivity contribution < 1.29 is 9.53 Å². The van der Waals surface area contributed by atoms with E-state index in [9.17, 15) is 10.1 Å². The molecule has 8 nitrogen and oxygen atoms in total. The molecule has 8 heteroatoms. The molecule has 0 N–H and O–H groups in total. The number of likely N-dealkylation sites (tertiary alicyclic amines) is 1. The average Bonchev–Trinajstić information content (AvgIpc) is 3.51. The minimum atomic E-state index is -0.293. The molecule has 0 aromatic carbocycles. The summed E-state index contributed by atoms with van der Waals surface area (Å²) in [5, 5.41) is 10.4. The molecule has 2 aliphatic rings. The molecule has 3 aromatic heterocycles. The fourth-order valence-corrected chi connectivity index (χ4v) is 5.58. The van der Waals surface area contributed by atoms with Gasteiger partial charge in [0.15, 0.2) is 0 Å². The quantitative estimate of drug-likeness (QED) is 0.523. The normalized spacial score (nSPS) is 19.6. The van der Waals surface area contributed by atoms with Crippen LogP contribution in [0.3, 0.4) is 0 Å². The standard InChI is InChI=1S/C28H28N6O2/c1-5-20-13-23(36-4)22(15-30-20)26-25(24-17(2)31-16-32-27(24)33(26)3)18-8-10-19(11-9-18)28(35)34-12-6-7-21(34)14-29/h1,8,13,15-16,19,21H,6-7,9-12H2,2-4H3/t19-,21+/m1/s1. The Morgan fingerprint density at radius 2 is 2.11 bits per heavy atom. The molecule has 5 rings (SSSR count). The van der Waals surface area contributed by atoms with Gasteiger partial charge in [-0.1, -0.05) is 12.0 Å². The van der Waals surface area contributed by atoms with Crippen molar-refractivity contribution in [2.75, 3.05) is 13.7 Å². The molecule has 0 unspecified atom stereocenters. The lowest BCUT2D eigenvalue weighted by molar-refractivity contribution is -0.135. The smallest absolute Gasteiger partial charge is 0.227 e. The number of nitriles is 1. The number of nitrogens with zero attached hydrogens (tertiary/aromatic N) is 6. The zero-order valence-corrected chi connectivity index (χ0v) is 20.8. The fraction of sp³-hybridized carbons (Fsp3) is 0.393. The number of pyridine rings is 1. The van der Waals surface area contributed by atoms with E-state index < -0.39 is 0 Å². The van der Waals surface area contributed by atoms with Crippen LogP contribution in [0.25, 0.3) is 27.9 Å². The van der Waals surface area contributed by atoms with E-state index in [4.69, 9.17) is 11.2 Å². The lowest BCUT2D eigenvalue weighted by Gasteiger charge is -2.28. The van der Waals surface area contributed by atoms with E-state index in [0.717, 1.165) is 64.8 Å². The van der Waals surface area contributed by atoms with Crippen LogP contribution < -0.4 is 4.74 Å². The molecule has 2 atom stereocenters. The monoisotopic (exact) mass is 480 g/mol. The Bertz CT molecular complexity index is 1470.